The van der Waals surface area contributed by atoms with E-state index in [1.807, 2.05) is 0 Å². The van der Waals surface area contributed by atoms with E-state index < -0.39 is 0 Å². The van der Waals surface area contributed by atoms with Crippen LogP contribution in [0.15, 0.2) is 0 Å². The number of hydrogen-bond acceptors (Lipinski definition) is 3. The lowest BCUT2D eigenvalue weighted by Gasteiger charge is -2.22. The van der Waals surface area contributed by atoms with Crippen LogP contribution < -0.4 is 11.1 Å². The predicted octanol–water partition coefficient (Wildman–Crippen LogP) is 0.818. The summed E-state index contributed by atoms with van der Waals surface area (Å²) in [5.74, 6) is 0.641. The summed E-state index contributed by atoms with van der Waals surface area (Å²) >= 11 is 0. The Hall–Kier alpha value is -0.610. The van der Waals surface area contributed by atoms with Gasteiger partial charge in [0.1, 0.15) is 0 Å². The third-order valence-electron chi connectivity index (χ3n) is 2.67. The van der Waals surface area contributed by atoms with Crippen molar-refractivity contribution in [3.05, 3.63) is 0 Å². The van der Waals surface area contributed by atoms with Crippen molar-refractivity contribution in [2.75, 3.05) is 26.2 Å². The summed E-state index contributed by atoms with van der Waals surface area (Å²) in [7, 11) is 0. The number of carbonyl (C=O) groups is 1. The van der Waals surface area contributed by atoms with Crippen molar-refractivity contribution in [1.29, 1.82) is 0 Å². The summed E-state index contributed by atoms with van der Waals surface area (Å²) < 4.78 is 0. The molecule has 0 aliphatic heterocycles. The van der Waals surface area contributed by atoms with Gasteiger partial charge < -0.3 is 11.1 Å². The van der Waals surface area contributed by atoms with Gasteiger partial charge >= 0.3 is 0 Å². The summed E-state index contributed by atoms with van der Waals surface area (Å²) in [4.78, 5) is 13.8. The highest BCUT2D eigenvalue weighted by Crippen LogP contribution is 2.03. The Labute approximate surface area is 99.6 Å². The van der Waals surface area contributed by atoms with Crippen molar-refractivity contribution in [3.63, 3.8) is 0 Å². The van der Waals surface area contributed by atoms with Crippen LogP contribution in [0.4, 0.5) is 0 Å². The highest BCUT2D eigenvalue weighted by atomic mass is 16.2. The summed E-state index contributed by atoms with van der Waals surface area (Å²) in [5.41, 5.74) is 5.64. The zero-order valence-corrected chi connectivity index (χ0v) is 11.1. The molecular weight excluding hydrogens is 202 g/mol. The van der Waals surface area contributed by atoms with Crippen molar-refractivity contribution in [1.82, 2.24) is 10.2 Å². The van der Waals surface area contributed by atoms with E-state index in [0.717, 1.165) is 19.5 Å². The monoisotopic (exact) mass is 229 g/mol. The lowest BCUT2D eigenvalue weighted by Crippen LogP contribution is -2.45. The van der Waals surface area contributed by atoms with Gasteiger partial charge in [-0.05, 0) is 25.4 Å². The minimum atomic E-state index is 0.0831. The number of nitrogens with zero attached hydrogens (tertiary/aromatic N) is 1. The molecule has 3 N–H and O–H groups in total. The fraction of sp³-hybridized carbons (Fsp3) is 0.917. The topological polar surface area (TPSA) is 58.4 Å². The van der Waals surface area contributed by atoms with E-state index in [1.165, 1.54) is 0 Å². The van der Waals surface area contributed by atoms with Crippen LogP contribution in [0, 0.1) is 5.92 Å². The van der Waals surface area contributed by atoms with Crippen LogP contribution in [0.3, 0.4) is 0 Å². The average molecular weight is 229 g/mol. The SMILES string of the molecule is CCN(CC)CC(=O)NC(CN)CC(C)C. The van der Waals surface area contributed by atoms with Gasteiger partial charge in [0.05, 0.1) is 6.54 Å². The lowest BCUT2D eigenvalue weighted by atomic mass is 10.0. The summed E-state index contributed by atoms with van der Waals surface area (Å²) in [5, 5.41) is 2.99. The van der Waals surface area contributed by atoms with E-state index in [0.29, 0.717) is 19.0 Å². The molecule has 1 unspecified atom stereocenters. The Morgan fingerprint density at radius 3 is 2.25 bits per heavy atom. The Balaban J connectivity index is 3.99. The molecule has 1 atom stereocenters. The van der Waals surface area contributed by atoms with E-state index in [9.17, 15) is 4.79 Å². The molecule has 0 saturated carbocycles. The highest BCUT2D eigenvalue weighted by molar-refractivity contribution is 5.78. The van der Waals surface area contributed by atoms with E-state index in [4.69, 9.17) is 5.73 Å². The maximum Gasteiger partial charge on any atom is 0.234 e. The molecule has 4 nitrogen and oxygen atoms in total. The van der Waals surface area contributed by atoms with Crippen LogP contribution in [-0.2, 0) is 4.79 Å². The van der Waals surface area contributed by atoms with Gasteiger partial charge in [-0.15, -0.1) is 0 Å². The van der Waals surface area contributed by atoms with Gasteiger partial charge in [0.25, 0.3) is 0 Å². The number of nitrogens with one attached hydrogen (secondary N) is 1. The molecule has 0 spiro atoms. The molecule has 4 heteroatoms. The fourth-order valence-electron chi connectivity index (χ4n) is 1.71. The smallest absolute Gasteiger partial charge is 0.234 e. The molecule has 96 valence electrons. The first-order valence-electron chi connectivity index (χ1n) is 6.25. The Morgan fingerprint density at radius 2 is 1.88 bits per heavy atom. The van der Waals surface area contributed by atoms with Crippen LogP contribution in [-0.4, -0.2) is 43.0 Å². The van der Waals surface area contributed by atoms with E-state index in [2.05, 4.69) is 37.9 Å². The zero-order chi connectivity index (χ0) is 12.6. The minimum absolute atomic E-state index is 0.0831. The summed E-state index contributed by atoms with van der Waals surface area (Å²) in [6.07, 6.45) is 0.945. The molecule has 0 aliphatic carbocycles. The Morgan fingerprint density at radius 1 is 1.31 bits per heavy atom. The van der Waals surface area contributed by atoms with Crippen LogP contribution in [0.5, 0.6) is 0 Å². The predicted molar refractivity (Wildman–Crippen MR) is 68.2 cm³/mol. The first-order valence-corrected chi connectivity index (χ1v) is 6.25. The Kier molecular flexibility index (Phi) is 8.21. The third kappa shape index (κ3) is 6.80. The van der Waals surface area contributed by atoms with Crippen molar-refractivity contribution >= 4 is 5.91 Å². The average Bonchev–Trinajstić information content (AvgIpc) is 2.24. The van der Waals surface area contributed by atoms with Gasteiger partial charge in [0.15, 0.2) is 0 Å². The number of rotatable bonds is 8. The van der Waals surface area contributed by atoms with Crippen molar-refractivity contribution < 1.29 is 4.79 Å². The lowest BCUT2D eigenvalue weighted by molar-refractivity contribution is -0.122. The van der Waals surface area contributed by atoms with E-state index >= 15 is 0 Å². The van der Waals surface area contributed by atoms with Gasteiger partial charge in [0, 0.05) is 12.6 Å². The number of carbonyl (C=O) groups excluding carboxylic acids is 1. The van der Waals surface area contributed by atoms with E-state index in [1.54, 1.807) is 0 Å². The first-order chi connectivity index (χ1) is 7.53. The maximum atomic E-state index is 11.7. The number of amides is 1. The molecule has 16 heavy (non-hydrogen) atoms. The second-order valence-electron chi connectivity index (χ2n) is 4.59. The van der Waals surface area contributed by atoms with Crippen molar-refractivity contribution in [2.24, 2.45) is 11.7 Å². The third-order valence-corrected chi connectivity index (χ3v) is 2.67. The van der Waals surface area contributed by atoms with Crippen LogP contribution >= 0.6 is 0 Å². The molecular formula is C12H27N3O. The van der Waals surface area contributed by atoms with Crippen LogP contribution in [0.2, 0.25) is 0 Å². The molecule has 0 rings (SSSR count). The molecule has 0 aromatic heterocycles. The number of hydrogen-bond donors (Lipinski definition) is 2. The number of nitrogens with two attached hydrogens (primary N) is 1. The molecule has 0 saturated heterocycles. The quantitative estimate of drug-likeness (QED) is 0.648. The maximum absolute atomic E-state index is 11.7. The fourth-order valence-corrected chi connectivity index (χ4v) is 1.71. The molecule has 0 radical (unpaired) electrons. The normalized spacial score (nSPS) is 13.2. The van der Waals surface area contributed by atoms with Gasteiger partial charge in [-0.1, -0.05) is 27.7 Å². The van der Waals surface area contributed by atoms with Gasteiger partial charge in [-0.2, -0.15) is 0 Å². The standard InChI is InChI=1S/C12H27N3O/c1-5-15(6-2)9-12(16)14-11(8-13)7-10(3)4/h10-11H,5-9,13H2,1-4H3,(H,14,16). The molecule has 0 aromatic carbocycles. The second-order valence-corrected chi connectivity index (χ2v) is 4.59. The second kappa shape index (κ2) is 8.53. The van der Waals surface area contributed by atoms with Crippen LogP contribution in [0.25, 0.3) is 0 Å². The molecule has 0 aliphatic rings. The summed E-state index contributed by atoms with van der Waals surface area (Å²) in [6.45, 7) is 11.2. The van der Waals surface area contributed by atoms with Crippen molar-refractivity contribution in [3.8, 4) is 0 Å². The number of likely N-dealkylation sites (N-methyl/N-ethyl adjacent to an activating group) is 1. The van der Waals surface area contributed by atoms with Gasteiger partial charge in [-0.3, -0.25) is 9.69 Å². The van der Waals surface area contributed by atoms with Gasteiger partial charge in [-0.25, -0.2) is 0 Å². The van der Waals surface area contributed by atoms with Gasteiger partial charge in [0.2, 0.25) is 5.91 Å². The minimum Gasteiger partial charge on any atom is -0.351 e. The highest BCUT2D eigenvalue weighted by Gasteiger charge is 2.13. The van der Waals surface area contributed by atoms with E-state index in [-0.39, 0.29) is 11.9 Å². The summed E-state index contributed by atoms with van der Waals surface area (Å²) in [6, 6.07) is 0.114. The molecule has 0 aromatic rings. The van der Waals surface area contributed by atoms with Crippen molar-refractivity contribution in [2.45, 2.75) is 40.2 Å². The largest absolute Gasteiger partial charge is 0.351 e. The van der Waals surface area contributed by atoms with Crippen LogP contribution in [0.1, 0.15) is 34.1 Å². The first kappa shape index (κ1) is 15.4. The molecule has 0 fully saturated rings. The Bertz CT molecular complexity index is 191. The molecule has 0 heterocycles. The molecule has 0 bridgehead atoms. The zero-order valence-electron chi connectivity index (χ0n) is 11.1. The molecule has 1 amide bonds.